The van der Waals surface area contributed by atoms with Gasteiger partial charge in [0.05, 0.1) is 11.9 Å². The van der Waals surface area contributed by atoms with Crippen molar-refractivity contribution in [1.29, 1.82) is 0 Å². The lowest BCUT2D eigenvalue weighted by molar-refractivity contribution is -0.117. The average Bonchev–Trinajstić information content (AvgIpc) is 2.83. The standard InChI is InChI=1S/C17H23N3O/c1-17(2,3)11-16(21)19-15-12-18-20(13-15)10-9-14-7-5-4-6-8-14/h4-8,12-13H,9-11H2,1-3H3,(H,19,21). The molecule has 0 radical (unpaired) electrons. The van der Waals surface area contributed by atoms with Gasteiger partial charge in [-0.25, -0.2) is 0 Å². The van der Waals surface area contributed by atoms with Crippen LogP contribution >= 0.6 is 0 Å². The Balaban J connectivity index is 1.85. The minimum absolute atomic E-state index is 0.00656. The number of hydrogen-bond acceptors (Lipinski definition) is 2. The van der Waals surface area contributed by atoms with E-state index in [2.05, 4.69) is 43.3 Å². The van der Waals surface area contributed by atoms with Crippen LogP contribution in [0.4, 0.5) is 5.69 Å². The first-order chi connectivity index (χ1) is 9.92. The van der Waals surface area contributed by atoms with Gasteiger partial charge >= 0.3 is 0 Å². The minimum Gasteiger partial charge on any atom is -0.323 e. The molecule has 0 fully saturated rings. The molecule has 2 rings (SSSR count). The molecule has 4 heteroatoms. The monoisotopic (exact) mass is 285 g/mol. The normalized spacial score (nSPS) is 11.4. The maximum atomic E-state index is 11.9. The van der Waals surface area contributed by atoms with Crippen molar-refractivity contribution in [3.63, 3.8) is 0 Å². The van der Waals surface area contributed by atoms with E-state index in [0.29, 0.717) is 6.42 Å². The van der Waals surface area contributed by atoms with Crippen molar-refractivity contribution in [3.8, 4) is 0 Å². The summed E-state index contributed by atoms with van der Waals surface area (Å²) in [5, 5.41) is 7.18. The van der Waals surface area contributed by atoms with Crippen LogP contribution in [0, 0.1) is 5.41 Å². The van der Waals surface area contributed by atoms with Gasteiger partial charge < -0.3 is 5.32 Å². The number of hydrogen-bond donors (Lipinski definition) is 1. The Morgan fingerprint density at radius 1 is 1.24 bits per heavy atom. The van der Waals surface area contributed by atoms with E-state index in [1.807, 2.05) is 29.1 Å². The number of benzene rings is 1. The maximum absolute atomic E-state index is 11.9. The Hall–Kier alpha value is -2.10. The van der Waals surface area contributed by atoms with Crippen molar-refractivity contribution < 1.29 is 4.79 Å². The van der Waals surface area contributed by atoms with E-state index in [9.17, 15) is 4.79 Å². The van der Waals surface area contributed by atoms with Crippen molar-refractivity contribution in [2.75, 3.05) is 5.32 Å². The minimum atomic E-state index is -0.00656. The third kappa shape index (κ3) is 5.42. The second kappa shape index (κ2) is 6.57. The molecule has 1 aromatic heterocycles. The van der Waals surface area contributed by atoms with Crippen LogP contribution in [0.5, 0.6) is 0 Å². The molecule has 112 valence electrons. The van der Waals surface area contributed by atoms with Crippen LogP contribution in [-0.2, 0) is 17.8 Å². The van der Waals surface area contributed by atoms with E-state index in [4.69, 9.17) is 0 Å². The molecule has 0 saturated carbocycles. The van der Waals surface area contributed by atoms with Gasteiger partial charge in [0.15, 0.2) is 0 Å². The zero-order valence-electron chi connectivity index (χ0n) is 13.0. The summed E-state index contributed by atoms with van der Waals surface area (Å²) >= 11 is 0. The van der Waals surface area contributed by atoms with Crippen LogP contribution in [0.3, 0.4) is 0 Å². The molecule has 0 aliphatic carbocycles. The number of aryl methyl sites for hydroxylation is 2. The lowest BCUT2D eigenvalue weighted by Crippen LogP contribution is -2.19. The number of carbonyl (C=O) groups is 1. The van der Waals surface area contributed by atoms with Crippen molar-refractivity contribution in [2.24, 2.45) is 5.41 Å². The fourth-order valence-corrected chi connectivity index (χ4v) is 2.13. The molecule has 0 aliphatic heterocycles. The van der Waals surface area contributed by atoms with Crippen molar-refractivity contribution in [3.05, 3.63) is 48.3 Å². The number of nitrogens with zero attached hydrogens (tertiary/aromatic N) is 2. The Labute approximate surface area is 126 Å². The van der Waals surface area contributed by atoms with Crippen LogP contribution in [0.15, 0.2) is 42.7 Å². The van der Waals surface area contributed by atoms with Gasteiger partial charge in [-0.3, -0.25) is 9.48 Å². The molecule has 0 unspecified atom stereocenters. The number of anilines is 1. The molecule has 1 heterocycles. The summed E-state index contributed by atoms with van der Waals surface area (Å²) in [6.07, 6.45) is 5.01. The van der Waals surface area contributed by atoms with E-state index in [-0.39, 0.29) is 11.3 Å². The summed E-state index contributed by atoms with van der Waals surface area (Å²) in [7, 11) is 0. The van der Waals surface area contributed by atoms with Gasteiger partial charge in [-0.1, -0.05) is 51.1 Å². The molecule has 4 nitrogen and oxygen atoms in total. The van der Waals surface area contributed by atoms with E-state index in [1.165, 1.54) is 5.56 Å². The van der Waals surface area contributed by atoms with Crippen molar-refractivity contribution in [1.82, 2.24) is 9.78 Å². The SMILES string of the molecule is CC(C)(C)CC(=O)Nc1cnn(CCc2ccccc2)c1. The van der Waals surface area contributed by atoms with Crippen molar-refractivity contribution >= 4 is 11.6 Å². The fraction of sp³-hybridized carbons (Fsp3) is 0.412. The van der Waals surface area contributed by atoms with Gasteiger partial charge in [0, 0.05) is 19.2 Å². The maximum Gasteiger partial charge on any atom is 0.224 e. The number of carbonyl (C=O) groups excluding carboxylic acids is 1. The third-order valence-corrected chi connectivity index (χ3v) is 3.08. The Morgan fingerprint density at radius 2 is 1.95 bits per heavy atom. The van der Waals surface area contributed by atoms with Gasteiger partial charge in [-0.05, 0) is 17.4 Å². The highest BCUT2D eigenvalue weighted by molar-refractivity contribution is 5.90. The quantitative estimate of drug-likeness (QED) is 0.914. The summed E-state index contributed by atoms with van der Waals surface area (Å²) in [5.41, 5.74) is 2.04. The molecule has 21 heavy (non-hydrogen) atoms. The molecule has 0 saturated heterocycles. The summed E-state index contributed by atoms with van der Waals surface area (Å²) in [6.45, 7) is 6.96. The van der Waals surface area contributed by atoms with Gasteiger partial charge in [0.1, 0.15) is 0 Å². The molecule has 2 aromatic rings. The number of amides is 1. The fourth-order valence-electron chi connectivity index (χ4n) is 2.13. The topological polar surface area (TPSA) is 46.9 Å². The highest BCUT2D eigenvalue weighted by atomic mass is 16.1. The molecule has 0 atom stereocenters. The molecule has 0 aliphatic rings. The molecule has 1 aromatic carbocycles. The highest BCUT2D eigenvalue weighted by Gasteiger charge is 2.16. The van der Waals surface area contributed by atoms with E-state index < -0.39 is 0 Å². The molecule has 0 spiro atoms. The predicted molar refractivity (Wildman–Crippen MR) is 85.1 cm³/mol. The molecule has 1 amide bonds. The second-order valence-electron chi connectivity index (χ2n) is 6.51. The summed E-state index contributed by atoms with van der Waals surface area (Å²) in [5.74, 6) is 0.0325. The summed E-state index contributed by atoms with van der Waals surface area (Å²) in [6, 6.07) is 10.3. The van der Waals surface area contributed by atoms with E-state index in [1.54, 1.807) is 6.20 Å². The van der Waals surface area contributed by atoms with Crippen LogP contribution in [0.1, 0.15) is 32.8 Å². The second-order valence-corrected chi connectivity index (χ2v) is 6.51. The summed E-state index contributed by atoms with van der Waals surface area (Å²) < 4.78 is 1.86. The van der Waals surface area contributed by atoms with Gasteiger partial charge in [0.25, 0.3) is 0 Å². The predicted octanol–water partition coefficient (Wildman–Crippen LogP) is 3.50. The van der Waals surface area contributed by atoms with Gasteiger partial charge in [0.2, 0.25) is 5.91 Å². The zero-order chi connectivity index (χ0) is 15.3. The molecule has 0 bridgehead atoms. The molecule has 1 N–H and O–H groups in total. The Morgan fingerprint density at radius 3 is 2.62 bits per heavy atom. The van der Waals surface area contributed by atoms with Gasteiger partial charge in [-0.15, -0.1) is 0 Å². The van der Waals surface area contributed by atoms with E-state index in [0.717, 1.165) is 18.7 Å². The number of rotatable bonds is 5. The summed E-state index contributed by atoms with van der Waals surface area (Å²) in [4.78, 5) is 11.9. The Bertz CT molecular complexity index is 582. The number of aromatic nitrogens is 2. The first-order valence-electron chi connectivity index (χ1n) is 7.29. The third-order valence-electron chi connectivity index (χ3n) is 3.08. The number of nitrogens with one attached hydrogen (secondary N) is 1. The van der Waals surface area contributed by atoms with Crippen LogP contribution in [0.25, 0.3) is 0 Å². The first kappa shape index (κ1) is 15.3. The smallest absolute Gasteiger partial charge is 0.224 e. The first-order valence-corrected chi connectivity index (χ1v) is 7.29. The van der Waals surface area contributed by atoms with Crippen molar-refractivity contribution in [2.45, 2.75) is 40.2 Å². The largest absolute Gasteiger partial charge is 0.323 e. The zero-order valence-corrected chi connectivity index (χ0v) is 13.0. The lowest BCUT2D eigenvalue weighted by Gasteiger charge is -2.16. The molecular weight excluding hydrogens is 262 g/mol. The molecular formula is C17H23N3O. The van der Waals surface area contributed by atoms with Crippen LogP contribution in [0.2, 0.25) is 0 Å². The van der Waals surface area contributed by atoms with Gasteiger partial charge in [-0.2, -0.15) is 5.10 Å². The van der Waals surface area contributed by atoms with E-state index >= 15 is 0 Å². The van der Waals surface area contributed by atoms with Crippen LogP contribution < -0.4 is 5.32 Å². The Kier molecular flexibility index (Phi) is 4.78. The lowest BCUT2D eigenvalue weighted by atomic mass is 9.92. The van der Waals surface area contributed by atoms with Crippen LogP contribution in [-0.4, -0.2) is 15.7 Å². The highest BCUT2D eigenvalue weighted by Crippen LogP contribution is 2.19. The average molecular weight is 285 g/mol.